The lowest BCUT2D eigenvalue weighted by molar-refractivity contribution is -0.380. The molecule has 1 rings (SSSR count). The summed E-state index contributed by atoms with van der Waals surface area (Å²) in [5.74, 6) is -0.733. The van der Waals surface area contributed by atoms with E-state index in [4.69, 9.17) is 5.26 Å². The number of rotatable bonds is 4. The largest absolute Gasteiger partial charge is 0.462 e. The van der Waals surface area contributed by atoms with Crippen LogP contribution in [0.4, 0.5) is 5.00 Å². The summed E-state index contributed by atoms with van der Waals surface area (Å²) >= 11 is 0.930. The molecule has 0 fully saturated rings. The average Bonchev–Trinajstić information content (AvgIpc) is 2.74. The Hall–Kier alpha value is -2.20. The molecule has 0 aliphatic carbocycles. The van der Waals surface area contributed by atoms with E-state index in [1.165, 1.54) is 17.5 Å². The molecule has 1 aromatic rings. The van der Waals surface area contributed by atoms with Crippen molar-refractivity contribution in [1.29, 1.82) is 5.26 Å². The molecule has 0 radical (unpaired) electrons. The van der Waals surface area contributed by atoms with E-state index in [1.807, 2.05) is 0 Å². The minimum absolute atomic E-state index is 0.0441. The fraction of sp³-hybridized carbons (Fsp3) is 0.200. The van der Waals surface area contributed by atoms with E-state index in [-0.39, 0.29) is 17.2 Å². The van der Waals surface area contributed by atoms with Crippen molar-refractivity contribution >= 4 is 28.4 Å². The molecule has 0 spiro atoms. The second-order valence-electron chi connectivity index (χ2n) is 2.87. The number of carbonyl (C=O) groups is 1. The Kier molecular flexibility index (Phi) is 4.37. The zero-order valence-electron chi connectivity index (χ0n) is 8.87. The quantitative estimate of drug-likeness (QED) is 0.269. The van der Waals surface area contributed by atoms with Gasteiger partial charge >= 0.3 is 11.0 Å². The highest BCUT2D eigenvalue weighted by molar-refractivity contribution is 7.13. The normalized spacial score (nSPS) is 10.7. The van der Waals surface area contributed by atoms with E-state index < -0.39 is 10.9 Å². The molecule has 0 bridgehead atoms. The Morgan fingerprint density at radius 3 is 2.94 bits per heavy atom. The van der Waals surface area contributed by atoms with Crippen molar-refractivity contribution in [1.82, 2.24) is 0 Å². The Morgan fingerprint density at radius 1 is 1.76 bits per heavy atom. The van der Waals surface area contributed by atoms with Crippen molar-refractivity contribution in [3.05, 3.63) is 32.7 Å². The van der Waals surface area contributed by atoms with Crippen LogP contribution < -0.4 is 0 Å². The smallest absolute Gasteiger partial charge is 0.348 e. The van der Waals surface area contributed by atoms with E-state index in [2.05, 4.69) is 4.74 Å². The van der Waals surface area contributed by atoms with E-state index in [0.29, 0.717) is 5.56 Å². The van der Waals surface area contributed by atoms with Crippen LogP contribution >= 0.6 is 11.3 Å². The van der Waals surface area contributed by atoms with Crippen molar-refractivity contribution in [2.45, 2.75) is 6.92 Å². The Labute approximate surface area is 101 Å². The molecule has 0 aromatic carbocycles. The summed E-state index contributed by atoms with van der Waals surface area (Å²) in [5, 5.41) is 20.6. The number of nitrogens with zero attached hydrogens (tertiary/aromatic N) is 2. The number of esters is 1. The minimum Gasteiger partial charge on any atom is -0.462 e. The van der Waals surface area contributed by atoms with Crippen molar-refractivity contribution in [3.63, 3.8) is 0 Å². The number of hydrogen-bond donors (Lipinski definition) is 0. The maximum absolute atomic E-state index is 11.3. The maximum Gasteiger partial charge on any atom is 0.348 e. The highest BCUT2D eigenvalue weighted by Gasteiger charge is 2.13. The topological polar surface area (TPSA) is 93.2 Å². The molecule has 0 aliphatic rings. The first kappa shape index (κ1) is 12.9. The van der Waals surface area contributed by atoms with Gasteiger partial charge in [0, 0.05) is 11.4 Å². The molecule has 0 saturated heterocycles. The lowest BCUT2D eigenvalue weighted by Crippen LogP contribution is -2.05. The monoisotopic (exact) mass is 252 g/mol. The number of ether oxygens (including phenoxy) is 1. The van der Waals surface area contributed by atoms with Gasteiger partial charge in [-0.2, -0.15) is 5.26 Å². The highest BCUT2D eigenvalue weighted by atomic mass is 32.1. The molecule has 0 N–H and O–H groups in total. The van der Waals surface area contributed by atoms with Crippen LogP contribution in [0.1, 0.15) is 12.5 Å². The van der Waals surface area contributed by atoms with Gasteiger partial charge in [-0.1, -0.05) is 11.3 Å². The molecular weight excluding hydrogens is 244 g/mol. The number of carbonyl (C=O) groups excluding carboxylic acids is 1. The molecule has 1 aromatic heterocycles. The summed E-state index contributed by atoms with van der Waals surface area (Å²) in [7, 11) is 0. The third kappa shape index (κ3) is 3.39. The second-order valence-corrected chi connectivity index (χ2v) is 3.76. The van der Waals surface area contributed by atoms with E-state index >= 15 is 0 Å². The predicted molar refractivity (Wildman–Crippen MR) is 61.2 cm³/mol. The summed E-state index contributed by atoms with van der Waals surface area (Å²) < 4.78 is 4.66. The first-order valence-electron chi connectivity index (χ1n) is 4.60. The summed E-state index contributed by atoms with van der Waals surface area (Å²) in [6, 6.07) is 2.99. The summed E-state index contributed by atoms with van der Waals surface area (Å²) in [6.45, 7) is 1.80. The first-order chi connectivity index (χ1) is 8.08. The molecule has 0 aliphatic heterocycles. The van der Waals surface area contributed by atoms with Gasteiger partial charge in [-0.25, -0.2) is 4.79 Å². The van der Waals surface area contributed by atoms with Crippen LogP contribution in [0.3, 0.4) is 0 Å². The number of nitriles is 1. The summed E-state index contributed by atoms with van der Waals surface area (Å²) in [4.78, 5) is 21.2. The fourth-order valence-electron chi connectivity index (χ4n) is 1.02. The maximum atomic E-state index is 11.3. The van der Waals surface area contributed by atoms with E-state index in [9.17, 15) is 14.9 Å². The highest BCUT2D eigenvalue weighted by Crippen LogP contribution is 2.24. The van der Waals surface area contributed by atoms with Gasteiger partial charge < -0.3 is 4.74 Å². The first-order valence-corrected chi connectivity index (χ1v) is 5.48. The summed E-state index contributed by atoms with van der Waals surface area (Å²) in [5.41, 5.74) is 0.255. The molecule has 17 heavy (non-hydrogen) atoms. The SMILES string of the molecule is CCOC(=O)/C(C#N)=C/c1csc([N+](=O)[O-])c1. The average molecular weight is 252 g/mol. The summed E-state index contributed by atoms with van der Waals surface area (Å²) in [6.07, 6.45) is 1.27. The molecule has 1 heterocycles. The lowest BCUT2D eigenvalue weighted by Gasteiger charge is -1.97. The lowest BCUT2D eigenvalue weighted by atomic mass is 10.2. The predicted octanol–water partition coefficient (Wildman–Crippen LogP) is 2.13. The van der Waals surface area contributed by atoms with Crippen molar-refractivity contribution < 1.29 is 14.5 Å². The zero-order valence-corrected chi connectivity index (χ0v) is 9.69. The number of thiophene rings is 1. The van der Waals surface area contributed by atoms with Crippen LogP contribution in [0.15, 0.2) is 17.0 Å². The van der Waals surface area contributed by atoms with Gasteiger partial charge in [-0.05, 0) is 18.6 Å². The molecule has 6 nitrogen and oxygen atoms in total. The van der Waals surface area contributed by atoms with Crippen LogP contribution in [0.25, 0.3) is 6.08 Å². The second kappa shape index (κ2) is 5.77. The van der Waals surface area contributed by atoms with Crippen LogP contribution in [-0.2, 0) is 9.53 Å². The van der Waals surface area contributed by atoms with Gasteiger partial charge in [0.15, 0.2) is 0 Å². The van der Waals surface area contributed by atoms with Gasteiger partial charge in [0.25, 0.3) is 0 Å². The molecule has 0 unspecified atom stereocenters. The molecule has 0 atom stereocenters. The molecule has 0 amide bonds. The number of hydrogen-bond acceptors (Lipinski definition) is 6. The molecule has 7 heteroatoms. The van der Waals surface area contributed by atoms with E-state index in [0.717, 1.165) is 11.3 Å². The Balaban J connectivity index is 2.95. The molecular formula is C10H8N2O4S. The van der Waals surface area contributed by atoms with Crippen molar-refractivity contribution in [3.8, 4) is 6.07 Å². The van der Waals surface area contributed by atoms with Crippen molar-refractivity contribution in [2.24, 2.45) is 0 Å². The van der Waals surface area contributed by atoms with Gasteiger partial charge in [0.2, 0.25) is 0 Å². The Bertz CT molecular complexity index is 513. The number of nitro groups is 1. The van der Waals surface area contributed by atoms with Crippen LogP contribution in [-0.4, -0.2) is 17.5 Å². The standard InChI is InChI=1S/C10H8N2O4S/c1-2-16-10(13)8(5-11)3-7-4-9(12(14)15)17-6-7/h3-4,6H,2H2,1H3/b8-3+. The van der Waals surface area contributed by atoms with Gasteiger partial charge in [-0.15, -0.1) is 0 Å². The van der Waals surface area contributed by atoms with Crippen LogP contribution in [0.5, 0.6) is 0 Å². The third-order valence-corrected chi connectivity index (χ3v) is 2.61. The van der Waals surface area contributed by atoms with Crippen LogP contribution in [0, 0.1) is 21.4 Å². The van der Waals surface area contributed by atoms with Crippen molar-refractivity contribution in [2.75, 3.05) is 6.61 Å². The van der Waals surface area contributed by atoms with Gasteiger partial charge in [0.1, 0.15) is 11.6 Å². The Morgan fingerprint density at radius 2 is 2.47 bits per heavy atom. The molecule has 0 saturated carbocycles. The van der Waals surface area contributed by atoms with Gasteiger partial charge in [-0.3, -0.25) is 10.1 Å². The molecule has 88 valence electrons. The fourth-order valence-corrected chi connectivity index (χ4v) is 1.71. The minimum atomic E-state index is -0.733. The van der Waals surface area contributed by atoms with E-state index in [1.54, 1.807) is 13.0 Å². The van der Waals surface area contributed by atoms with Gasteiger partial charge in [0.05, 0.1) is 11.5 Å². The zero-order chi connectivity index (χ0) is 12.8. The third-order valence-electron chi connectivity index (χ3n) is 1.71. The van der Waals surface area contributed by atoms with Crippen LogP contribution in [0.2, 0.25) is 0 Å².